The molecule has 0 atom stereocenters. The van der Waals surface area contributed by atoms with Crippen molar-refractivity contribution >= 4 is 38.2 Å². The van der Waals surface area contributed by atoms with Gasteiger partial charge in [0.05, 0.1) is 4.88 Å². The van der Waals surface area contributed by atoms with Crippen molar-refractivity contribution in [2.45, 2.75) is 0 Å². The van der Waals surface area contributed by atoms with E-state index in [2.05, 4.69) is 44.1 Å². The molecule has 0 spiro atoms. The second-order valence-electron chi connectivity index (χ2n) is 3.23. The molecule has 0 saturated heterocycles. The van der Waals surface area contributed by atoms with Crippen molar-refractivity contribution in [3.63, 3.8) is 0 Å². The number of para-hydroxylation sites is 1. The third kappa shape index (κ3) is 1.50. The number of nitrogens with one attached hydrogen (secondary N) is 1. The van der Waals surface area contributed by atoms with Gasteiger partial charge in [-0.2, -0.15) is 0 Å². The number of fused-ring (bicyclic) bond motifs is 1. The molecule has 1 N–H and O–H groups in total. The number of aromatic amines is 1. The number of rotatable bonds is 1. The zero-order valence-corrected chi connectivity index (χ0v) is 10.1. The van der Waals surface area contributed by atoms with Gasteiger partial charge in [-0.15, -0.1) is 11.3 Å². The molecule has 15 heavy (non-hydrogen) atoms. The fraction of sp³-hybridized carbons (Fsp3) is 0. The maximum Gasteiger partial charge on any atom is 0.159 e. The van der Waals surface area contributed by atoms with Gasteiger partial charge in [-0.3, -0.25) is 0 Å². The molecule has 2 nitrogen and oxygen atoms in total. The highest BCUT2D eigenvalue weighted by molar-refractivity contribution is 9.11. The highest BCUT2D eigenvalue weighted by Crippen LogP contribution is 2.33. The van der Waals surface area contributed by atoms with Gasteiger partial charge in [-0.1, -0.05) is 18.2 Å². The first kappa shape index (κ1) is 9.12. The van der Waals surface area contributed by atoms with Crippen molar-refractivity contribution in [3.8, 4) is 10.4 Å². The van der Waals surface area contributed by atoms with E-state index in [0.29, 0.717) is 0 Å². The van der Waals surface area contributed by atoms with Crippen LogP contribution in [0.5, 0.6) is 0 Å². The molecule has 0 amide bonds. The van der Waals surface area contributed by atoms with E-state index in [0.717, 1.165) is 9.43 Å². The van der Waals surface area contributed by atoms with Crippen LogP contribution in [0.15, 0.2) is 40.6 Å². The fourth-order valence-corrected chi connectivity index (χ4v) is 2.95. The Hall–Kier alpha value is -1.13. The Labute approximate surface area is 99.1 Å². The molecule has 74 valence electrons. The van der Waals surface area contributed by atoms with Crippen molar-refractivity contribution in [3.05, 3.63) is 40.6 Å². The molecule has 0 aliphatic carbocycles. The van der Waals surface area contributed by atoms with Gasteiger partial charge < -0.3 is 4.98 Å². The van der Waals surface area contributed by atoms with Crippen LogP contribution in [0, 0.1) is 0 Å². The van der Waals surface area contributed by atoms with E-state index < -0.39 is 0 Å². The van der Waals surface area contributed by atoms with Crippen LogP contribution in [0.25, 0.3) is 21.3 Å². The Kier molecular flexibility index (Phi) is 2.11. The van der Waals surface area contributed by atoms with E-state index in [-0.39, 0.29) is 0 Å². The van der Waals surface area contributed by atoms with Gasteiger partial charge in [-0.05, 0) is 22.0 Å². The monoisotopic (exact) mass is 278 g/mol. The lowest BCUT2D eigenvalue weighted by molar-refractivity contribution is 1.38. The highest BCUT2D eigenvalue weighted by Gasteiger charge is 2.07. The molecule has 2 heterocycles. The fourth-order valence-electron chi connectivity index (χ4n) is 1.65. The van der Waals surface area contributed by atoms with Crippen LogP contribution in [0.1, 0.15) is 0 Å². The Morgan fingerprint density at radius 2 is 2.13 bits per heavy atom. The molecule has 0 saturated carbocycles. The minimum atomic E-state index is 0.919. The van der Waals surface area contributed by atoms with E-state index in [1.807, 2.05) is 18.5 Å². The third-order valence-electron chi connectivity index (χ3n) is 2.33. The second kappa shape index (κ2) is 3.47. The zero-order valence-electron chi connectivity index (χ0n) is 7.70. The molecule has 0 unspecified atom stereocenters. The lowest BCUT2D eigenvalue weighted by atomic mass is 10.1. The second-order valence-corrected chi connectivity index (χ2v) is 5.53. The van der Waals surface area contributed by atoms with Crippen molar-refractivity contribution in [1.82, 2.24) is 9.97 Å². The van der Waals surface area contributed by atoms with Crippen LogP contribution in [0.4, 0.5) is 0 Å². The van der Waals surface area contributed by atoms with Crippen molar-refractivity contribution in [1.29, 1.82) is 0 Å². The average Bonchev–Trinajstić information content (AvgIpc) is 2.83. The summed E-state index contributed by atoms with van der Waals surface area (Å²) in [4.78, 5) is 8.64. The maximum atomic E-state index is 4.20. The Balaban J connectivity index is 2.27. The minimum absolute atomic E-state index is 0.919. The summed E-state index contributed by atoms with van der Waals surface area (Å²) in [6.45, 7) is 0. The number of aromatic nitrogens is 2. The lowest BCUT2D eigenvalue weighted by Gasteiger charge is -1.92. The first-order valence-electron chi connectivity index (χ1n) is 4.52. The highest BCUT2D eigenvalue weighted by atomic mass is 79.9. The maximum absolute atomic E-state index is 4.20. The van der Waals surface area contributed by atoms with Gasteiger partial charge in [0.1, 0.15) is 0 Å². The molecule has 0 radical (unpaired) electrons. The van der Waals surface area contributed by atoms with Gasteiger partial charge in [0, 0.05) is 28.9 Å². The predicted molar refractivity (Wildman–Crippen MR) is 67.1 cm³/mol. The number of benzene rings is 1. The Morgan fingerprint density at radius 3 is 2.93 bits per heavy atom. The smallest absolute Gasteiger partial charge is 0.159 e. The summed E-state index contributed by atoms with van der Waals surface area (Å²) < 4.78 is 0.919. The Bertz CT molecular complexity index is 612. The van der Waals surface area contributed by atoms with Gasteiger partial charge in [0.15, 0.2) is 3.92 Å². The molecular formula is C11H7BrN2S. The molecule has 0 aliphatic heterocycles. The van der Waals surface area contributed by atoms with Crippen LogP contribution in [0.3, 0.4) is 0 Å². The van der Waals surface area contributed by atoms with Gasteiger partial charge in [0.25, 0.3) is 0 Å². The normalized spacial score (nSPS) is 11.0. The topological polar surface area (TPSA) is 28.7 Å². The van der Waals surface area contributed by atoms with Gasteiger partial charge in [-0.25, -0.2) is 4.98 Å². The van der Waals surface area contributed by atoms with Crippen molar-refractivity contribution in [2.75, 3.05) is 0 Å². The largest absolute Gasteiger partial charge is 0.361 e. The van der Waals surface area contributed by atoms with Crippen molar-refractivity contribution in [2.24, 2.45) is 0 Å². The van der Waals surface area contributed by atoms with Gasteiger partial charge >= 0.3 is 0 Å². The number of halogens is 1. The molecule has 1 aromatic carbocycles. The molecular weight excluding hydrogens is 272 g/mol. The van der Waals surface area contributed by atoms with Gasteiger partial charge in [0.2, 0.25) is 0 Å². The zero-order chi connectivity index (χ0) is 10.3. The minimum Gasteiger partial charge on any atom is -0.361 e. The molecule has 3 rings (SSSR count). The quantitative estimate of drug-likeness (QED) is 0.715. The third-order valence-corrected chi connectivity index (χ3v) is 3.84. The molecule has 0 bridgehead atoms. The molecule has 0 aliphatic rings. The van der Waals surface area contributed by atoms with Crippen molar-refractivity contribution < 1.29 is 0 Å². The summed E-state index contributed by atoms with van der Waals surface area (Å²) in [6.07, 6.45) is 3.93. The lowest BCUT2D eigenvalue weighted by Crippen LogP contribution is -1.67. The molecule has 2 aromatic heterocycles. The van der Waals surface area contributed by atoms with Crippen LogP contribution in [-0.4, -0.2) is 9.97 Å². The number of H-pyrrole nitrogens is 1. The number of thiazole rings is 1. The van der Waals surface area contributed by atoms with E-state index in [1.54, 1.807) is 11.3 Å². The van der Waals surface area contributed by atoms with E-state index >= 15 is 0 Å². The summed E-state index contributed by atoms with van der Waals surface area (Å²) >= 11 is 5.02. The van der Waals surface area contributed by atoms with E-state index in [9.17, 15) is 0 Å². The van der Waals surface area contributed by atoms with Crippen LogP contribution in [-0.2, 0) is 0 Å². The molecule has 4 heteroatoms. The summed E-state index contributed by atoms with van der Waals surface area (Å²) in [5, 5.41) is 1.24. The summed E-state index contributed by atoms with van der Waals surface area (Å²) in [5.74, 6) is 0. The Morgan fingerprint density at radius 1 is 1.27 bits per heavy atom. The first-order valence-corrected chi connectivity index (χ1v) is 6.13. The summed E-state index contributed by atoms with van der Waals surface area (Å²) in [5.41, 5.74) is 2.38. The van der Waals surface area contributed by atoms with E-state index in [4.69, 9.17) is 0 Å². The summed E-state index contributed by atoms with van der Waals surface area (Å²) in [6, 6.07) is 8.28. The van der Waals surface area contributed by atoms with E-state index in [1.165, 1.54) is 15.8 Å². The SMILES string of the molecule is Brc1ncc(-c2c[nH]c3ccccc23)s1. The number of nitrogens with zero attached hydrogens (tertiary/aromatic N) is 1. The standard InChI is InChI=1S/C11H7BrN2S/c12-11-14-6-10(15-11)8-5-13-9-4-2-1-3-7(8)9/h1-6,13H. The molecule has 3 aromatic rings. The molecule has 0 fully saturated rings. The summed E-state index contributed by atoms with van der Waals surface area (Å²) in [7, 11) is 0. The van der Waals surface area contributed by atoms with Crippen LogP contribution >= 0.6 is 27.3 Å². The number of hydrogen-bond acceptors (Lipinski definition) is 2. The number of hydrogen-bond donors (Lipinski definition) is 1. The average molecular weight is 279 g/mol. The first-order chi connectivity index (χ1) is 7.34. The van der Waals surface area contributed by atoms with Crippen LogP contribution in [0.2, 0.25) is 0 Å². The predicted octanol–water partition coefficient (Wildman–Crippen LogP) is 4.05. The van der Waals surface area contributed by atoms with Crippen LogP contribution < -0.4 is 0 Å².